The van der Waals surface area contributed by atoms with Crippen LogP contribution in [-0.2, 0) is 0 Å². The molecule has 1 aromatic carbocycles. The molecular weight excluding hydrogens is 216 g/mol. The Labute approximate surface area is 99.4 Å². The zero-order valence-corrected chi connectivity index (χ0v) is 9.57. The fraction of sp³-hybridized carbons (Fsp3) is 0.154. The number of aromatic amines is 1. The number of carbonyl (C=O) groups excluding carboxylic acids is 1. The van der Waals surface area contributed by atoms with Crippen LogP contribution < -0.4 is 10.5 Å². The van der Waals surface area contributed by atoms with Crippen molar-refractivity contribution in [2.75, 3.05) is 12.3 Å². The molecule has 0 aliphatic carbocycles. The van der Waals surface area contributed by atoms with Crippen molar-refractivity contribution in [3.8, 4) is 5.75 Å². The van der Waals surface area contributed by atoms with Crippen molar-refractivity contribution in [3.05, 3.63) is 47.8 Å². The second-order valence-electron chi connectivity index (χ2n) is 3.57. The van der Waals surface area contributed by atoms with Gasteiger partial charge in [0.15, 0.2) is 0 Å². The molecule has 0 saturated carbocycles. The van der Waals surface area contributed by atoms with Crippen molar-refractivity contribution in [3.63, 3.8) is 0 Å². The third kappa shape index (κ3) is 2.15. The van der Waals surface area contributed by atoms with E-state index in [9.17, 15) is 4.79 Å². The van der Waals surface area contributed by atoms with E-state index in [1.807, 2.05) is 6.92 Å². The first-order chi connectivity index (χ1) is 8.24. The van der Waals surface area contributed by atoms with Crippen molar-refractivity contribution in [2.24, 2.45) is 0 Å². The van der Waals surface area contributed by atoms with Gasteiger partial charge in [0.2, 0.25) is 5.78 Å². The number of carbonyl (C=O) groups is 1. The van der Waals surface area contributed by atoms with E-state index >= 15 is 0 Å². The van der Waals surface area contributed by atoms with E-state index in [4.69, 9.17) is 10.5 Å². The lowest BCUT2D eigenvalue weighted by atomic mass is 10.1. The van der Waals surface area contributed by atoms with Gasteiger partial charge in [-0.05, 0) is 31.2 Å². The minimum Gasteiger partial charge on any atom is -0.493 e. The van der Waals surface area contributed by atoms with Crippen LogP contribution in [0.1, 0.15) is 23.0 Å². The first-order valence-corrected chi connectivity index (χ1v) is 5.43. The minimum absolute atomic E-state index is 0.156. The highest BCUT2D eigenvalue weighted by molar-refractivity contribution is 6.12. The van der Waals surface area contributed by atoms with Crippen LogP contribution in [0.3, 0.4) is 0 Å². The molecule has 1 aromatic heterocycles. The Morgan fingerprint density at radius 3 is 2.82 bits per heavy atom. The molecule has 88 valence electrons. The SMILES string of the molecule is CCOc1cccc(N)c1C(=O)c1ccc[nH]1. The number of hydrogen-bond donors (Lipinski definition) is 2. The summed E-state index contributed by atoms with van der Waals surface area (Å²) in [4.78, 5) is 15.1. The molecule has 0 aliphatic rings. The van der Waals surface area contributed by atoms with Crippen LogP contribution in [0.25, 0.3) is 0 Å². The van der Waals surface area contributed by atoms with Gasteiger partial charge in [-0.1, -0.05) is 6.07 Å². The molecule has 2 aromatic rings. The first-order valence-electron chi connectivity index (χ1n) is 5.43. The molecule has 0 unspecified atom stereocenters. The summed E-state index contributed by atoms with van der Waals surface area (Å²) in [7, 11) is 0. The minimum atomic E-state index is -0.156. The molecule has 2 rings (SSSR count). The van der Waals surface area contributed by atoms with Crippen LogP contribution in [0.4, 0.5) is 5.69 Å². The molecule has 17 heavy (non-hydrogen) atoms. The van der Waals surface area contributed by atoms with Crippen LogP contribution in [0.2, 0.25) is 0 Å². The predicted molar refractivity (Wildman–Crippen MR) is 66.2 cm³/mol. The first kappa shape index (κ1) is 11.3. The number of nitrogens with two attached hydrogens (primary N) is 1. The maximum absolute atomic E-state index is 12.2. The van der Waals surface area contributed by atoms with Gasteiger partial charge in [-0.15, -0.1) is 0 Å². The normalized spacial score (nSPS) is 10.2. The zero-order valence-electron chi connectivity index (χ0n) is 9.57. The maximum Gasteiger partial charge on any atom is 0.214 e. The van der Waals surface area contributed by atoms with Crippen molar-refractivity contribution >= 4 is 11.5 Å². The summed E-state index contributed by atoms with van der Waals surface area (Å²) in [5, 5.41) is 0. The maximum atomic E-state index is 12.2. The van der Waals surface area contributed by atoms with Crippen LogP contribution in [0.5, 0.6) is 5.75 Å². The van der Waals surface area contributed by atoms with E-state index in [0.717, 1.165) is 0 Å². The highest BCUT2D eigenvalue weighted by atomic mass is 16.5. The second-order valence-corrected chi connectivity index (χ2v) is 3.57. The lowest BCUT2D eigenvalue weighted by molar-refractivity contribution is 0.103. The number of rotatable bonds is 4. The molecule has 0 spiro atoms. The van der Waals surface area contributed by atoms with Gasteiger partial charge in [0.25, 0.3) is 0 Å². The Bertz CT molecular complexity index is 518. The molecule has 0 fully saturated rings. The van der Waals surface area contributed by atoms with E-state index in [1.165, 1.54) is 0 Å². The average Bonchev–Trinajstić information content (AvgIpc) is 2.82. The summed E-state index contributed by atoms with van der Waals surface area (Å²) in [5.74, 6) is 0.364. The third-order valence-corrected chi connectivity index (χ3v) is 2.43. The topological polar surface area (TPSA) is 68.1 Å². The number of nitrogen functional groups attached to an aromatic ring is 1. The number of H-pyrrole nitrogens is 1. The number of aromatic nitrogens is 1. The zero-order chi connectivity index (χ0) is 12.3. The third-order valence-electron chi connectivity index (χ3n) is 2.43. The molecule has 0 radical (unpaired) electrons. The van der Waals surface area contributed by atoms with Crippen LogP contribution in [-0.4, -0.2) is 17.4 Å². The Morgan fingerprint density at radius 1 is 1.35 bits per heavy atom. The summed E-state index contributed by atoms with van der Waals surface area (Å²) in [5.41, 5.74) is 7.19. The molecular formula is C13H14N2O2. The van der Waals surface area contributed by atoms with E-state index in [2.05, 4.69) is 4.98 Å². The quantitative estimate of drug-likeness (QED) is 0.625. The smallest absolute Gasteiger partial charge is 0.214 e. The van der Waals surface area contributed by atoms with E-state index < -0.39 is 0 Å². The van der Waals surface area contributed by atoms with Gasteiger partial charge >= 0.3 is 0 Å². The summed E-state index contributed by atoms with van der Waals surface area (Å²) in [6.07, 6.45) is 1.70. The number of ketones is 1. The fourth-order valence-corrected chi connectivity index (χ4v) is 1.67. The molecule has 0 atom stereocenters. The summed E-state index contributed by atoms with van der Waals surface area (Å²) >= 11 is 0. The molecule has 0 bridgehead atoms. The number of benzene rings is 1. The highest BCUT2D eigenvalue weighted by Gasteiger charge is 2.18. The Hall–Kier alpha value is -2.23. The lowest BCUT2D eigenvalue weighted by Crippen LogP contribution is -2.09. The van der Waals surface area contributed by atoms with Crippen molar-refractivity contribution < 1.29 is 9.53 Å². The lowest BCUT2D eigenvalue weighted by Gasteiger charge is -2.10. The van der Waals surface area contributed by atoms with Gasteiger partial charge in [-0.3, -0.25) is 4.79 Å². The second kappa shape index (κ2) is 4.74. The largest absolute Gasteiger partial charge is 0.493 e. The molecule has 0 aliphatic heterocycles. The monoisotopic (exact) mass is 230 g/mol. The fourth-order valence-electron chi connectivity index (χ4n) is 1.67. The molecule has 0 amide bonds. The van der Waals surface area contributed by atoms with Gasteiger partial charge in [0.1, 0.15) is 5.75 Å². The Kier molecular flexibility index (Phi) is 3.14. The van der Waals surface area contributed by atoms with Crippen molar-refractivity contribution in [2.45, 2.75) is 6.92 Å². The molecule has 0 saturated heterocycles. The summed E-state index contributed by atoms with van der Waals surface area (Å²) in [6.45, 7) is 2.36. The number of nitrogens with one attached hydrogen (secondary N) is 1. The molecule has 1 heterocycles. The Morgan fingerprint density at radius 2 is 2.18 bits per heavy atom. The van der Waals surface area contributed by atoms with E-state index in [-0.39, 0.29) is 5.78 Å². The van der Waals surface area contributed by atoms with Crippen molar-refractivity contribution in [1.29, 1.82) is 0 Å². The van der Waals surface area contributed by atoms with E-state index in [0.29, 0.717) is 29.3 Å². The number of hydrogen-bond acceptors (Lipinski definition) is 3. The van der Waals surface area contributed by atoms with Gasteiger partial charge < -0.3 is 15.5 Å². The molecule has 3 N–H and O–H groups in total. The van der Waals surface area contributed by atoms with Gasteiger partial charge in [0.05, 0.1) is 17.9 Å². The number of ether oxygens (including phenoxy) is 1. The standard InChI is InChI=1S/C13H14N2O2/c1-2-17-11-7-3-5-9(14)12(11)13(16)10-6-4-8-15-10/h3-8,15H,2,14H2,1H3. The predicted octanol–water partition coefficient (Wildman–Crippen LogP) is 2.23. The van der Waals surface area contributed by atoms with Crippen LogP contribution in [0.15, 0.2) is 36.5 Å². The van der Waals surface area contributed by atoms with E-state index in [1.54, 1.807) is 36.5 Å². The van der Waals surface area contributed by atoms with Gasteiger partial charge in [0, 0.05) is 11.9 Å². The molecule has 4 nitrogen and oxygen atoms in total. The molecule has 4 heteroatoms. The van der Waals surface area contributed by atoms with Gasteiger partial charge in [-0.2, -0.15) is 0 Å². The Balaban J connectivity index is 2.47. The highest BCUT2D eigenvalue weighted by Crippen LogP contribution is 2.26. The average molecular weight is 230 g/mol. The van der Waals surface area contributed by atoms with Crippen molar-refractivity contribution in [1.82, 2.24) is 4.98 Å². The van der Waals surface area contributed by atoms with Crippen LogP contribution >= 0.6 is 0 Å². The van der Waals surface area contributed by atoms with Crippen LogP contribution in [0, 0.1) is 0 Å². The summed E-state index contributed by atoms with van der Waals surface area (Å²) in [6, 6.07) is 8.69. The number of anilines is 1. The summed E-state index contributed by atoms with van der Waals surface area (Å²) < 4.78 is 5.42. The van der Waals surface area contributed by atoms with Gasteiger partial charge in [-0.25, -0.2) is 0 Å².